The lowest BCUT2D eigenvalue weighted by atomic mass is 10.2. The molecule has 4 rings (SSSR count). The van der Waals surface area contributed by atoms with Crippen molar-refractivity contribution in [2.24, 2.45) is 0 Å². The van der Waals surface area contributed by atoms with E-state index in [0.717, 1.165) is 42.4 Å². The highest BCUT2D eigenvalue weighted by Gasteiger charge is 2.19. The standard InChI is InChI=1S/C20H24N4O2S/c25-20(15-5-8-21-18(12-15)26-17-6-11-27-14-17)23-13-16-4-3-7-22-19(16)24-9-1-2-10-24/h3-5,7-8,12,17H,1-2,6,9-11,13-14H2,(H,23,25)/t17-/m1/s1. The summed E-state index contributed by atoms with van der Waals surface area (Å²) >= 11 is 1.89. The fraction of sp³-hybridized carbons (Fsp3) is 0.450. The van der Waals surface area contributed by atoms with Gasteiger partial charge in [0.25, 0.3) is 5.91 Å². The minimum absolute atomic E-state index is 0.126. The number of hydrogen-bond acceptors (Lipinski definition) is 6. The van der Waals surface area contributed by atoms with Crippen LogP contribution in [0, 0.1) is 0 Å². The Kier molecular flexibility index (Phi) is 5.77. The van der Waals surface area contributed by atoms with Crippen molar-refractivity contribution in [3.63, 3.8) is 0 Å². The molecular weight excluding hydrogens is 360 g/mol. The van der Waals surface area contributed by atoms with Gasteiger partial charge in [0.1, 0.15) is 11.9 Å². The van der Waals surface area contributed by atoms with E-state index in [1.807, 2.05) is 30.1 Å². The number of nitrogens with one attached hydrogen (secondary N) is 1. The number of anilines is 1. The van der Waals surface area contributed by atoms with Crippen LogP contribution < -0.4 is 15.0 Å². The van der Waals surface area contributed by atoms with Gasteiger partial charge in [0, 0.05) is 55.0 Å². The van der Waals surface area contributed by atoms with E-state index in [4.69, 9.17) is 4.74 Å². The summed E-state index contributed by atoms with van der Waals surface area (Å²) in [6, 6.07) is 7.39. The van der Waals surface area contributed by atoms with Gasteiger partial charge >= 0.3 is 0 Å². The first-order chi connectivity index (χ1) is 13.3. The molecule has 2 aromatic rings. The number of nitrogens with zero attached hydrogens (tertiary/aromatic N) is 3. The number of hydrogen-bond donors (Lipinski definition) is 1. The highest BCUT2D eigenvalue weighted by molar-refractivity contribution is 7.99. The van der Waals surface area contributed by atoms with E-state index in [1.165, 1.54) is 12.8 Å². The summed E-state index contributed by atoms with van der Waals surface area (Å²) in [5.41, 5.74) is 1.61. The minimum atomic E-state index is -0.126. The van der Waals surface area contributed by atoms with E-state index in [0.29, 0.717) is 18.0 Å². The number of carbonyl (C=O) groups excluding carboxylic acids is 1. The van der Waals surface area contributed by atoms with Crippen molar-refractivity contribution in [2.45, 2.75) is 31.9 Å². The zero-order chi connectivity index (χ0) is 18.5. The number of rotatable bonds is 6. The lowest BCUT2D eigenvalue weighted by Crippen LogP contribution is -2.26. The van der Waals surface area contributed by atoms with Crippen LogP contribution in [-0.2, 0) is 6.54 Å². The number of carbonyl (C=O) groups is 1. The Labute approximate surface area is 163 Å². The normalized spacial score (nSPS) is 19.3. The molecule has 2 saturated heterocycles. The number of thioether (sulfide) groups is 1. The van der Waals surface area contributed by atoms with Crippen LogP contribution in [0.1, 0.15) is 35.2 Å². The number of aromatic nitrogens is 2. The molecule has 0 aliphatic carbocycles. The van der Waals surface area contributed by atoms with Crippen LogP contribution in [-0.4, -0.2) is 46.6 Å². The molecule has 4 heterocycles. The molecule has 1 atom stereocenters. The maximum Gasteiger partial charge on any atom is 0.251 e. The third-order valence-electron chi connectivity index (χ3n) is 4.88. The van der Waals surface area contributed by atoms with E-state index >= 15 is 0 Å². The second kappa shape index (κ2) is 8.61. The lowest BCUT2D eigenvalue weighted by molar-refractivity contribution is 0.0950. The molecule has 1 N–H and O–H groups in total. The smallest absolute Gasteiger partial charge is 0.251 e. The maximum atomic E-state index is 12.6. The van der Waals surface area contributed by atoms with Crippen molar-refractivity contribution in [3.8, 4) is 5.88 Å². The number of pyridine rings is 2. The Bertz CT molecular complexity index is 789. The Morgan fingerprint density at radius 3 is 2.96 bits per heavy atom. The molecule has 2 aliphatic heterocycles. The van der Waals surface area contributed by atoms with Gasteiger partial charge in [0.2, 0.25) is 5.88 Å². The van der Waals surface area contributed by atoms with Crippen LogP contribution in [0.25, 0.3) is 0 Å². The van der Waals surface area contributed by atoms with Crippen molar-refractivity contribution in [1.29, 1.82) is 0 Å². The first kappa shape index (κ1) is 18.1. The minimum Gasteiger partial charge on any atom is -0.473 e. The van der Waals surface area contributed by atoms with Crippen molar-refractivity contribution in [3.05, 3.63) is 47.8 Å². The summed E-state index contributed by atoms with van der Waals surface area (Å²) in [6.07, 6.45) is 7.06. The first-order valence-electron chi connectivity index (χ1n) is 9.47. The van der Waals surface area contributed by atoms with E-state index in [-0.39, 0.29) is 12.0 Å². The Morgan fingerprint density at radius 2 is 2.15 bits per heavy atom. The van der Waals surface area contributed by atoms with Crippen LogP contribution in [0.2, 0.25) is 0 Å². The molecule has 0 spiro atoms. The van der Waals surface area contributed by atoms with Crippen molar-refractivity contribution in [2.75, 3.05) is 29.5 Å². The van der Waals surface area contributed by atoms with Crippen LogP contribution >= 0.6 is 11.8 Å². The second-order valence-corrected chi connectivity index (χ2v) is 8.00. The van der Waals surface area contributed by atoms with Crippen molar-refractivity contribution in [1.82, 2.24) is 15.3 Å². The van der Waals surface area contributed by atoms with E-state index in [9.17, 15) is 4.79 Å². The molecule has 2 aliphatic rings. The molecule has 142 valence electrons. The lowest BCUT2D eigenvalue weighted by Gasteiger charge is -2.20. The average Bonchev–Trinajstić information content (AvgIpc) is 3.41. The SMILES string of the molecule is O=C(NCc1cccnc1N1CCCC1)c1ccnc(O[C@@H]2CCSC2)c1. The largest absolute Gasteiger partial charge is 0.473 e. The Balaban J connectivity index is 1.39. The van der Waals surface area contributed by atoms with E-state index in [1.54, 1.807) is 18.3 Å². The first-order valence-corrected chi connectivity index (χ1v) is 10.6. The summed E-state index contributed by atoms with van der Waals surface area (Å²) in [6.45, 7) is 2.52. The third kappa shape index (κ3) is 4.53. The molecule has 27 heavy (non-hydrogen) atoms. The van der Waals surface area contributed by atoms with Gasteiger partial charge < -0.3 is 15.0 Å². The summed E-state index contributed by atoms with van der Waals surface area (Å²) in [7, 11) is 0. The molecule has 6 nitrogen and oxygen atoms in total. The maximum absolute atomic E-state index is 12.6. The average molecular weight is 385 g/mol. The summed E-state index contributed by atoms with van der Waals surface area (Å²) in [5.74, 6) is 3.48. The van der Waals surface area contributed by atoms with Gasteiger partial charge in [-0.1, -0.05) is 6.07 Å². The predicted molar refractivity (Wildman–Crippen MR) is 107 cm³/mol. The molecular formula is C20H24N4O2S. The van der Waals surface area contributed by atoms with Gasteiger partial charge in [-0.15, -0.1) is 0 Å². The molecule has 0 saturated carbocycles. The molecule has 0 bridgehead atoms. The fourth-order valence-corrected chi connectivity index (χ4v) is 4.55. The van der Waals surface area contributed by atoms with Crippen molar-refractivity contribution < 1.29 is 9.53 Å². The third-order valence-corrected chi connectivity index (χ3v) is 6.02. The van der Waals surface area contributed by atoms with Crippen LogP contribution in [0.4, 0.5) is 5.82 Å². The monoisotopic (exact) mass is 384 g/mol. The number of ether oxygens (including phenoxy) is 1. The Morgan fingerprint density at radius 1 is 1.26 bits per heavy atom. The second-order valence-electron chi connectivity index (χ2n) is 6.85. The molecule has 0 unspecified atom stereocenters. The van der Waals surface area contributed by atoms with Crippen LogP contribution in [0.3, 0.4) is 0 Å². The zero-order valence-corrected chi connectivity index (χ0v) is 16.1. The van der Waals surface area contributed by atoms with Gasteiger partial charge in [-0.2, -0.15) is 11.8 Å². The topological polar surface area (TPSA) is 67.4 Å². The van der Waals surface area contributed by atoms with Gasteiger partial charge in [-0.25, -0.2) is 9.97 Å². The molecule has 0 radical (unpaired) electrons. The molecule has 0 aromatic carbocycles. The highest BCUT2D eigenvalue weighted by Crippen LogP contribution is 2.23. The van der Waals surface area contributed by atoms with E-state index < -0.39 is 0 Å². The van der Waals surface area contributed by atoms with Crippen LogP contribution in [0.5, 0.6) is 5.88 Å². The Hall–Kier alpha value is -2.28. The summed E-state index contributed by atoms with van der Waals surface area (Å²) < 4.78 is 5.89. The van der Waals surface area contributed by atoms with Crippen LogP contribution in [0.15, 0.2) is 36.7 Å². The number of amides is 1. The summed E-state index contributed by atoms with van der Waals surface area (Å²) in [5, 5.41) is 3.01. The predicted octanol–water partition coefficient (Wildman–Crippen LogP) is 2.89. The molecule has 2 aromatic heterocycles. The van der Waals surface area contributed by atoms with Gasteiger partial charge in [-0.3, -0.25) is 4.79 Å². The van der Waals surface area contributed by atoms with E-state index in [2.05, 4.69) is 20.2 Å². The summed E-state index contributed by atoms with van der Waals surface area (Å²) in [4.78, 5) is 23.7. The molecule has 7 heteroatoms. The highest BCUT2D eigenvalue weighted by atomic mass is 32.2. The molecule has 1 amide bonds. The van der Waals surface area contributed by atoms with Gasteiger partial charge in [-0.05, 0) is 37.1 Å². The fourth-order valence-electron chi connectivity index (χ4n) is 3.45. The van der Waals surface area contributed by atoms with Gasteiger partial charge in [0.05, 0.1) is 0 Å². The quantitative estimate of drug-likeness (QED) is 0.826. The van der Waals surface area contributed by atoms with Gasteiger partial charge in [0.15, 0.2) is 0 Å². The zero-order valence-electron chi connectivity index (χ0n) is 15.3. The van der Waals surface area contributed by atoms with Crippen molar-refractivity contribution >= 4 is 23.5 Å². The molecule has 2 fully saturated rings.